The van der Waals surface area contributed by atoms with Gasteiger partial charge in [0.15, 0.2) is 0 Å². The largest absolute Gasteiger partial charge is 0.316 e. The number of halogens is 2. The monoisotopic (exact) mass is 467 g/mol. The molecule has 0 saturated heterocycles. The van der Waals surface area contributed by atoms with Crippen LogP contribution in [0.3, 0.4) is 0 Å². The molecule has 12 heteroatoms. The summed E-state index contributed by atoms with van der Waals surface area (Å²) >= 11 is 12.9. The number of rotatable bonds is 5. The van der Waals surface area contributed by atoms with Crippen molar-refractivity contribution in [3.63, 3.8) is 0 Å². The van der Waals surface area contributed by atoms with E-state index >= 15 is 0 Å². The van der Waals surface area contributed by atoms with Crippen molar-refractivity contribution in [2.75, 3.05) is 11.6 Å². The van der Waals surface area contributed by atoms with E-state index in [1.54, 1.807) is 41.1 Å². The van der Waals surface area contributed by atoms with E-state index in [1.807, 2.05) is 6.07 Å². The van der Waals surface area contributed by atoms with Crippen molar-refractivity contribution < 1.29 is 13.2 Å². The van der Waals surface area contributed by atoms with Gasteiger partial charge >= 0.3 is 0 Å². The van der Waals surface area contributed by atoms with Crippen molar-refractivity contribution >= 4 is 61.7 Å². The lowest BCUT2D eigenvalue weighted by Crippen LogP contribution is -2.14. The molecule has 0 radical (unpaired) electrons. The Morgan fingerprint density at radius 2 is 2.10 bits per heavy atom. The lowest BCUT2D eigenvalue weighted by molar-refractivity contribution is -0.112. The Morgan fingerprint density at radius 3 is 2.72 bits per heavy atom. The van der Waals surface area contributed by atoms with Crippen molar-refractivity contribution in [2.24, 2.45) is 0 Å². The van der Waals surface area contributed by atoms with Crippen LogP contribution in [0.5, 0.6) is 0 Å². The summed E-state index contributed by atoms with van der Waals surface area (Å²) in [6.45, 7) is 0. The maximum Gasteiger partial charge on any atom is 0.268 e. The first-order valence-corrected chi connectivity index (χ1v) is 11.2. The van der Waals surface area contributed by atoms with Gasteiger partial charge in [-0.2, -0.15) is 14.6 Å². The predicted octanol–water partition coefficient (Wildman–Crippen LogP) is 3.58. The SMILES string of the molecule is CS(=O)(=O)c1nsc(NC(=O)C(C#N)=Cc2cccn2-c2ccc(Cl)cc2Cl)n1. The molecule has 0 bridgehead atoms. The lowest BCUT2D eigenvalue weighted by Gasteiger charge is -2.09. The van der Waals surface area contributed by atoms with E-state index in [1.165, 1.54) is 6.08 Å². The maximum atomic E-state index is 12.4. The van der Waals surface area contributed by atoms with E-state index < -0.39 is 20.9 Å². The average Bonchev–Trinajstić information content (AvgIpc) is 3.28. The number of sulfone groups is 1. The summed E-state index contributed by atoms with van der Waals surface area (Å²) in [6.07, 6.45) is 4.05. The van der Waals surface area contributed by atoms with Crippen LogP contribution >= 0.6 is 34.7 Å². The van der Waals surface area contributed by atoms with Gasteiger partial charge in [0, 0.05) is 34.7 Å². The molecule has 1 N–H and O–H groups in total. The molecule has 0 unspecified atom stereocenters. The minimum atomic E-state index is -3.60. The summed E-state index contributed by atoms with van der Waals surface area (Å²) in [6, 6.07) is 10.2. The topological polar surface area (TPSA) is 118 Å². The highest BCUT2D eigenvalue weighted by molar-refractivity contribution is 7.90. The molecule has 2 aromatic heterocycles. The second kappa shape index (κ2) is 8.34. The summed E-state index contributed by atoms with van der Waals surface area (Å²) in [4.78, 5) is 16.2. The van der Waals surface area contributed by atoms with Crippen LogP contribution in [0.25, 0.3) is 11.8 Å². The summed E-state index contributed by atoms with van der Waals surface area (Å²) in [5.41, 5.74) is 0.924. The zero-order chi connectivity index (χ0) is 21.2. The lowest BCUT2D eigenvalue weighted by atomic mass is 10.2. The molecule has 0 aliphatic heterocycles. The number of amides is 1. The molecule has 0 saturated carbocycles. The number of carbonyl (C=O) groups excluding carboxylic acids is 1. The van der Waals surface area contributed by atoms with Gasteiger partial charge in [-0.3, -0.25) is 10.1 Å². The van der Waals surface area contributed by atoms with E-state index in [9.17, 15) is 18.5 Å². The second-order valence-electron chi connectivity index (χ2n) is 5.68. The molecule has 0 fully saturated rings. The van der Waals surface area contributed by atoms with Gasteiger partial charge in [0.1, 0.15) is 11.6 Å². The molecule has 8 nitrogen and oxygen atoms in total. The van der Waals surface area contributed by atoms with Crippen LogP contribution in [0.4, 0.5) is 5.13 Å². The molecule has 148 valence electrons. The molecule has 0 aliphatic rings. The van der Waals surface area contributed by atoms with Crippen molar-refractivity contribution in [2.45, 2.75) is 5.16 Å². The molecule has 0 aliphatic carbocycles. The first kappa shape index (κ1) is 21.0. The normalized spacial score (nSPS) is 11.9. The van der Waals surface area contributed by atoms with Crippen LogP contribution in [0, 0.1) is 11.3 Å². The van der Waals surface area contributed by atoms with E-state index in [0.29, 0.717) is 33.0 Å². The van der Waals surface area contributed by atoms with Crippen LogP contribution in [-0.2, 0) is 14.6 Å². The van der Waals surface area contributed by atoms with E-state index in [2.05, 4.69) is 14.7 Å². The number of hydrogen-bond acceptors (Lipinski definition) is 7. The number of nitrogens with zero attached hydrogens (tertiary/aromatic N) is 4. The fourth-order valence-electron chi connectivity index (χ4n) is 2.28. The zero-order valence-corrected chi connectivity index (χ0v) is 17.8. The third kappa shape index (κ3) is 4.83. The molecule has 0 atom stereocenters. The molecule has 29 heavy (non-hydrogen) atoms. The fourth-order valence-corrected chi connectivity index (χ4v) is 4.22. The quantitative estimate of drug-likeness (QED) is 0.452. The van der Waals surface area contributed by atoms with Gasteiger partial charge in [0.2, 0.25) is 15.0 Å². The number of anilines is 1. The van der Waals surface area contributed by atoms with Gasteiger partial charge in [0.25, 0.3) is 11.1 Å². The third-order valence-corrected chi connectivity index (χ3v) is 5.70. The first-order valence-electron chi connectivity index (χ1n) is 7.79. The van der Waals surface area contributed by atoms with Gasteiger partial charge in [-0.05, 0) is 36.4 Å². The van der Waals surface area contributed by atoms with Gasteiger partial charge in [-0.1, -0.05) is 23.2 Å². The minimum Gasteiger partial charge on any atom is -0.316 e. The second-order valence-corrected chi connectivity index (χ2v) is 9.18. The highest BCUT2D eigenvalue weighted by Crippen LogP contribution is 2.26. The summed E-state index contributed by atoms with van der Waals surface area (Å²) < 4.78 is 28.2. The number of carbonyl (C=O) groups is 1. The minimum absolute atomic E-state index is 0.0345. The molecule has 3 aromatic rings. The first-order chi connectivity index (χ1) is 13.7. The highest BCUT2D eigenvalue weighted by atomic mass is 35.5. The number of nitriles is 1. The number of aromatic nitrogens is 3. The molecule has 2 heterocycles. The molecule has 1 aromatic carbocycles. The van der Waals surface area contributed by atoms with Crippen molar-refractivity contribution in [1.29, 1.82) is 5.26 Å². The Hall–Kier alpha value is -2.71. The molecular weight excluding hydrogens is 457 g/mol. The van der Waals surface area contributed by atoms with Crippen LogP contribution in [0.2, 0.25) is 10.0 Å². The Bertz CT molecular complexity index is 1270. The Labute approximate surface area is 180 Å². The van der Waals surface area contributed by atoms with Gasteiger partial charge in [0.05, 0.1) is 10.7 Å². The summed E-state index contributed by atoms with van der Waals surface area (Å²) in [5, 5.41) is 12.2. The molecule has 3 rings (SSSR count). The Balaban J connectivity index is 1.89. The maximum absolute atomic E-state index is 12.4. The van der Waals surface area contributed by atoms with Gasteiger partial charge in [-0.25, -0.2) is 8.42 Å². The van der Waals surface area contributed by atoms with Gasteiger partial charge in [-0.15, -0.1) is 0 Å². The standard InChI is InChI=1S/C17H11Cl2N5O3S2/c1-29(26,27)17-22-16(28-23-17)21-15(25)10(9-20)7-12-3-2-6-24(12)14-5-4-11(18)8-13(14)19/h2-8H,1H3,(H,21,22,23,25). The third-order valence-electron chi connectivity index (χ3n) is 3.57. The van der Waals surface area contributed by atoms with Crippen molar-refractivity contribution in [3.8, 4) is 11.8 Å². The number of hydrogen-bond donors (Lipinski definition) is 1. The van der Waals surface area contributed by atoms with E-state index in [-0.39, 0.29) is 10.7 Å². The van der Waals surface area contributed by atoms with Crippen LogP contribution in [-0.4, -0.2) is 34.5 Å². The van der Waals surface area contributed by atoms with E-state index in [0.717, 1.165) is 6.26 Å². The molecule has 0 spiro atoms. The summed E-state index contributed by atoms with van der Waals surface area (Å²) in [5.74, 6) is -0.751. The van der Waals surface area contributed by atoms with Crippen LogP contribution in [0.15, 0.2) is 47.3 Å². The van der Waals surface area contributed by atoms with Crippen LogP contribution < -0.4 is 5.32 Å². The average molecular weight is 468 g/mol. The van der Waals surface area contributed by atoms with Crippen molar-refractivity contribution in [3.05, 3.63) is 57.8 Å². The van der Waals surface area contributed by atoms with E-state index in [4.69, 9.17) is 23.2 Å². The molecular formula is C17H11Cl2N5O3S2. The smallest absolute Gasteiger partial charge is 0.268 e. The molecule has 1 amide bonds. The number of nitrogens with one attached hydrogen (secondary N) is 1. The summed E-state index contributed by atoms with van der Waals surface area (Å²) in [7, 11) is -3.60. The fraction of sp³-hybridized carbons (Fsp3) is 0.0588. The number of benzene rings is 1. The Kier molecular flexibility index (Phi) is 6.04. The van der Waals surface area contributed by atoms with Gasteiger partial charge < -0.3 is 4.57 Å². The highest BCUT2D eigenvalue weighted by Gasteiger charge is 2.18. The van der Waals surface area contributed by atoms with Crippen LogP contribution in [0.1, 0.15) is 5.69 Å². The Morgan fingerprint density at radius 1 is 1.34 bits per heavy atom. The van der Waals surface area contributed by atoms with Crippen molar-refractivity contribution in [1.82, 2.24) is 13.9 Å². The zero-order valence-electron chi connectivity index (χ0n) is 14.6. The predicted molar refractivity (Wildman–Crippen MR) is 111 cm³/mol.